The zero-order valence-electron chi connectivity index (χ0n) is 50.0. The molecule has 0 saturated carbocycles. The number of esters is 1. The molecule has 20 heteroatoms. The number of carbonyl (C=O) groups is 3. The van der Waals surface area contributed by atoms with Crippen LogP contribution in [0.25, 0.3) is 22.3 Å². The minimum atomic E-state index is -0.424. The lowest BCUT2D eigenvalue weighted by Gasteiger charge is -2.31. The van der Waals surface area contributed by atoms with Gasteiger partial charge in [-0.2, -0.15) is 0 Å². The van der Waals surface area contributed by atoms with Gasteiger partial charge in [-0.3, -0.25) is 24.0 Å². The summed E-state index contributed by atoms with van der Waals surface area (Å²) < 4.78 is 18.9. The van der Waals surface area contributed by atoms with Gasteiger partial charge in [0.2, 0.25) is 0 Å². The Balaban J connectivity index is 0.000000192. The maximum atomic E-state index is 13.6. The van der Waals surface area contributed by atoms with Crippen molar-refractivity contribution in [1.29, 1.82) is 0 Å². The van der Waals surface area contributed by atoms with Crippen LogP contribution in [0.4, 0.5) is 39.9 Å². The number of nitrogens with one attached hydrogen (secondary N) is 1. The molecule has 2 amide bonds. The number of aliphatic hydroxyl groups is 1. The molecule has 0 fully saturated rings. The highest BCUT2D eigenvalue weighted by molar-refractivity contribution is 6.29. The van der Waals surface area contributed by atoms with Crippen LogP contribution in [0.5, 0.6) is 0 Å². The monoisotopic (exact) mass is 1180 g/mol. The molecule has 0 unspecified atom stereocenters. The number of aliphatic hydroxyl groups excluding tert-OH is 1. The first kappa shape index (κ1) is 62.9. The summed E-state index contributed by atoms with van der Waals surface area (Å²) in [5.41, 5.74) is 18.9. The fourth-order valence-corrected chi connectivity index (χ4v) is 10.3. The zero-order chi connectivity index (χ0) is 61.8. The number of aryl methyl sites for hydroxylation is 2. The van der Waals surface area contributed by atoms with E-state index in [1.54, 1.807) is 66.9 Å². The summed E-state index contributed by atoms with van der Waals surface area (Å²) in [6, 6.07) is 33.7. The number of aromatic nitrogens is 4. The van der Waals surface area contributed by atoms with Crippen molar-refractivity contribution in [3.8, 4) is 22.3 Å². The van der Waals surface area contributed by atoms with Gasteiger partial charge in [-0.05, 0) is 133 Å². The van der Waals surface area contributed by atoms with Gasteiger partial charge in [-0.1, -0.05) is 48.0 Å². The number of halogens is 1. The highest BCUT2D eigenvalue weighted by Gasteiger charge is 2.30. The predicted molar refractivity (Wildman–Crippen MR) is 340 cm³/mol. The highest BCUT2D eigenvalue weighted by atomic mass is 35.5. The van der Waals surface area contributed by atoms with Crippen molar-refractivity contribution in [1.82, 2.24) is 19.1 Å². The van der Waals surface area contributed by atoms with E-state index in [0.29, 0.717) is 102 Å². The lowest BCUT2D eigenvalue weighted by molar-refractivity contribution is -0.142. The Kier molecular flexibility index (Phi) is 20.9. The molecular formula is C66H73ClN10O9. The molecule has 0 spiro atoms. The molecule has 8 aromatic rings. The summed E-state index contributed by atoms with van der Waals surface area (Å²) in [5, 5.41) is 14.2. The molecule has 0 radical (unpaired) electrons. The molecule has 6 heterocycles. The van der Waals surface area contributed by atoms with E-state index in [9.17, 15) is 29.1 Å². The van der Waals surface area contributed by atoms with Crippen LogP contribution in [-0.4, -0.2) is 96.5 Å². The maximum absolute atomic E-state index is 13.6. The van der Waals surface area contributed by atoms with Crippen molar-refractivity contribution in [3.63, 3.8) is 0 Å². The number of nitrogens with zero attached hydrogens (tertiary/aromatic N) is 8. The number of benzene rings is 4. The Labute approximate surface area is 505 Å². The van der Waals surface area contributed by atoms with Crippen molar-refractivity contribution in [2.45, 2.75) is 60.0 Å². The Morgan fingerprint density at radius 3 is 1.63 bits per heavy atom. The Hall–Kier alpha value is -9.14. The third kappa shape index (κ3) is 14.8. The third-order valence-electron chi connectivity index (χ3n) is 14.7. The molecule has 0 atom stereocenters. The number of anilines is 7. The van der Waals surface area contributed by atoms with Crippen molar-refractivity contribution < 1.29 is 33.7 Å². The van der Waals surface area contributed by atoms with Crippen LogP contribution in [0.2, 0.25) is 5.15 Å². The normalized spacial score (nSPS) is 12.5. The minimum absolute atomic E-state index is 0.0141. The standard InChI is InChI=1S/C32H35N5O4.C26H28N4O4.C8H10ClNO/c1-5-41-20-21-9-12-30(33-17-21)34-28-16-23(18-36(4)32(28)40)25-7-6-8-29(27(25)19-38)37-14-13-22-15-24(35(2)3)10-11-26(22)31(37)39;1-16(31)34-15-22-20(18-13-23(27)26(33)29(4)14-18)6-5-7-24(22)30-11-10-17-12-19(28(2)3)8-9-21(17)25(30)32;1-2-11-6-7-3-4-8(9)10-5-7/h6-12,15-18,38H,5,13-14,19-20H2,1-4H3,(H,33,34);5-9,12-14H,10-11,15,27H2,1-4H3;3-5H,2,6H2,1H3. The lowest BCUT2D eigenvalue weighted by atomic mass is 9.94. The van der Waals surface area contributed by atoms with E-state index in [4.69, 9.17) is 31.5 Å². The summed E-state index contributed by atoms with van der Waals surface area (Å²) >= 11 is 5.59. The first-order chi connectivity index (χ1) is 41.3. The Morgan fingerprint density at radius 2 is 1.15 bits per heavy atom. The summed E-state index contributed by atoms with van der Waals surface area (Å²) in [6.45, 7) is 8.40. The second kappa shape index (κ2) is 28.6. The first-order valence-corrected chi connectivity index (χ1v) is 28.6. The van der Waals surface area contributed by atoms with Gasteiger partial charge in [0.05, 0.1) is 36.9 Å². The number of carbonyl (C=O) groups excluding carboxylic acids is 3. The Bertz CT molecular complexity index is 3840. The van der Waals surface area contributed by atoms with E-state index in [2.05, 4.69) is 21.4 Å². The fraction of sp³-hybridized carbons (Fsp3) is 0.288. The van der Waals surface area contributed by atoms with Gasteiger partial charge in [-0.15, -0.1) is 0 Å². The highest BCUT2D eigenvalue weighted by Crippen LogP contribution is 2.38. The number of pyridine rings is 4. The largest absolute Gasteiger partial charge is 0.461 e. The molecule has 86 heavy (non-hydrogen) atoms. The van der Waals surface area contributed by atoms with E-state index in [1.807, 2.05) is 137 Å². The minimum Gasteiger partial charge on any atom is -0.461 e. The molecule has 10 rings (SSSR count). The molecule has 2 aliphatic rings. The molecule has 0 saturated heterocycles. The molecular weight excluding hydrogens is 1110 g/mol. The van der Waals surface area contributed by atoms with Gasteiger partial charge in [0.1, 0.15) is 23.3 Å². The summed E-state index contributed by atoms with van der Waals surface area (Å²) in [6.07, 6.45) is 8.27. The number of fused-ring (bicyclic) bond motifs is 2. The van der Waals surface area contributed by atoms with Crippen molar-refractivity contribution in [2.75, 3.05) is 85.1 Å². The molecule has 448 valence electrons. The van der Waals surface area contributed by atoms with Gasteiger partial charge in [0, 0.05) is 145 Å². The Morgan fingerprint density at radius 1 is 0.640 bits per heavy atom. The number of amides is 2. The molecule has 4 N–H and O–H groups in total. The van der Waals surface area contributed by atoms with Crippen LogP contribution in [0, 0.1) is 0 Å². The van der Waals surface area contributed by atoms with E-state index in [0.717, 1.165) is 56.9 Å². The first-order valence-electron chi connectivity index (χ1n) is 28.2. The predicted octanol–water partition coefficient (Wildman–Crippen LogP) is 9.73. The maximum Gasteiger partial charge on any atom is 0.302 e. The van der Waals surface area contributed by atoms with Crippen LogP contribution in [0.1, 0.15) is 74.9 Å². The molecule has 4 aromatic carbocycles. The second-order valence-electron chi connectivity index (χ2n) is 21.0. The molecule has 19 nitrogen and oxygen atoms in total. The van der Waals surface area contributed by atoms with Crippen LogP contribution < -0.4 is 41.8 Å². The van der Waals surface area contributed by atoms with E-state index >= 15 is 0 Å². The quantitative estimate of drug-likeness (QED) is 0.0571. The molecule has 0 aliphatic carbocycles. The van der Waals surface area contributed by atoms with Gasteiger partial charge >= 0.3 is 5.97 Å². The van der Waals surface area contributed by atoms with Crippen LogP contribution in [0.3, 0.4) is 0 Å². The van der Waals surface area contributed by atoms with Gasteiger partial charge in [-0.25, -0.2) is 9.97 Å². The SMILES string of the molecule is CC(=O)OCc1c(-c2cc(N)c(=O)n(C)c2)cccc1N1CCc2cc(N(C)C)ccc2C1=O.CCOCc1ccc(Cl)nc1.CCOCc1ccc(Nc2cc(-c3cccc(N4CCc5cc(N(C)C)ccc5C4=O)c3CO)cn(C)c2=O)nc1. The van der Waals surface area contributed by atoms with Crippen molar-refractivity contribution in [3.05, 3.63) is 204 Å². The van der Waals surface area contributed by atoms with Crippen LogP contribution >= 0.6 is 11.6 Å². The second-order valence-corrected chi connectivity index (χ2v) is 21.4. The zero-order valence-corrected chi connectivity index (χ0v) is 50.8. The lowest BCUT2D eigenvalue weighted by Crippen LogP contribution is -2.38. The molecule has 2 aliphatic heterocycles. The number of hydrogen-bond acceptors (Lipinski definition) is 15. The summed E-state index contributed by atoms with van der Waals surface area (Å²) in [7, 11) is 11.2. The average molecular weight is 1190 g/mol. The average Bonchev–Trinajstić information content (AvgIpc) is 1.00. The molecule has 0 bridgehead atoms. The van der Waals surface area contributed by atoms with E-state index in [-0.39, 0.29) is 41.8 Å². The third-order valence-corrected chi connectivity index (χ3v) is 14.9. The topological polar surface area (TPSA) is 220 Å². The van der Waals surface area contributed by atoms with Crippen LogP contribution in [0.15, 0.2) is 144 Å². The number of rotatable bonds is 17. The van der Waals surface area contributed by atoms with Gasteiger partial charge in [0.15, 0.2) is 0 Å². The van der Waals surface area contributed by atoms with Gasteiger partial charge < -0.3 is 59.1 Å². The van der Waals surface area contributed by atoms with E-state index in [1.165, 1.54) is 16.1 Å². The van der Waals surface area contributed by atoms with Crippen LogP contribution in [-0.2, 0) is 72.4 Å². The van der Waals surface area contributed by atoms with Gasteiger partial charge in [0.25, 0.3) is 22.9 Å². The van der Waals surface area contributed by atoms with Crippen molar-refractivity contribution >= 4 is 69.3 Å². The summed E-state index contributed by atoms with van der Waals surface area (Å²) in [4.78, 5) is 79.7. The number of nitrogens with two attached hydrogens (primary N) is 1. The molecule has 4 aromatic heterocycles. The van der Waals surface area contributed by atoms with Crippen molar-refractivity contribution in [2.24, 2.45) is 14.1 Å². The summed E-state index contributed by atoms with van der Waals surface area (Å²) in [5.74, 6) is -0.0873. The van der Waals surface area contributed by atoms with E-state index < -0.39 is 5.97 Å². The number of hydrogen-bond donors (Lipinski definition) is 3. The fourth-order valence-electron chi connectivity index (χ4n) is 10.1. The number of ether oxygens (including phenoxy) is 3. The smallest absolute Gasteiger partial charge is 0.302 e. The number of nitrogen functional groups attached to an aromatic ring is 1.